The van der Waals surface area contributed by atoms with Crippen molar-refractivity contribution < 1.29 is 9.59 Å². The van der Waals surface area contributed by atoms with Crippen molar-refractivity contribution in [3.8, 4) is 0 Å². The van der Waals surface area contributed by atoms with Gasteiger partial charge in [0, 0.05) is 36.8 Å². The van der Waals surface area contributed by atoms with Gasteiger partial charge in [0.15, 0.2) is 0 Å². The van der Waals surface area contributed by atoms with Crippen molar-refractivity contribution in [2.45, 2.75) is 12.8 Å². The lowest BCUT2D eigenvalue weighted by molar-refractivity contribution is -0.132. The number of para-hydroxylation sites is 1. The summed E-state index contributed by atoms with van der Waals surface area (Å²) < 4.78 is 0. The molecule has 5 nitrogen and oxygen atoms in total. The minimum atomic E-state index is -0.573. The highest BCUT2D eigenvalue weighted by atomic mass is 32.1. The van der Waals surface area contributed by atoms with E-state index in [2.05, 4.69) is 10.3 Å². The third-order valence-corrected chi connectivity index (χ3v) is 4.55. The minimum Gasteiger partial charge on any atom is -0.355 e. The van der Waals surface area contributed by atoms with Crippen LogP contribution in [-0.2, 0) is 16.0 Å². The number of carbonyl (C=O) groups excluding carboxylic acids is 2. The fourth-order valence-corrected chi connectivity index (χ4v) is 3.20. The van der Waals surface area contributed by atoms with Gasteiger partial charge in [-0.15, -0.1) is 11.3 Å². The van der Waals surface area contributed by atoms with Gasteiger partial charge in [-0.3, -0.25) is 9.59 Å². The van der Waals surface area contributed by atoms with Crippen molar-refractivity contribution in [1.82, 2.24) is 10.3 Å². The number of carbonyl (C=O) groups is 2. The Bertz CT molecular complexity index is 643. The van der Waals surface area contributed by atoms with Crippen molar-refractivity contribution in [1.29, 1.82) is 0 Å². The normalized spacial score (nSPS) is 17.7. The number of rotatable bonds is 5. The summed E-state index contributed by atoms with van der Waals surface area (Å²) in [5.41, 5.74) is 0.852. The fourth-order valence-electron chi connectivity index (χ4n) is 2.58. The van der Waals surface area contributed by atoms with Gasteiger partial charge in [0.25, 0.3) is 0 Å². The first-order chi connectivity index (χ1) is 10.8. The van der Waals surface area contributed by atoms with Crippen LogP contribution in [0.4, 0.5) is 5.69 Å². The molecule has 114 valence electrons. The largest absolute Gasteiger partial charge is 0.355 e. The summed E-state index contributed by atoms with van der Waals surface area (Å²) in [6.45, 7) is 1.11. The van der Waals surface area contributed by atoms with Crippen LogP contribution in [0.2, 0.25) is 0 Å². The number of hydrogen-bond donors (Lipinski definition) is 1. The van der Waals surface area contributed by atoms with E-state index >= 15 is 0 Å². The van der Waals surface area contributed by atoms with E-state index in [0.717, 1.165) is 10.7 Å². The number of benzene rings is 1. The minimum absolute atomic E-state index is 0.113. The smallest absolute Gasteiger partial charge is 0.239 e. The van der Waals surface area contributed by atoms with E-state index in [4.69, 9.17) is 0 Å². The Kier molecular flexibility index (Phi) is 4.48. The van der Waals surface area contributed by atoms with Crippen molar-refractivity contribution >= 4 is 28.8 Å². The number of hydrogen-bond acceptors (Lipinski definition) is 4. The van der Waals surface area contributed by atoms with Crippen molar-refractivity contribution in [2.24, 2.45) is 5.92 Å². The van der Waals surface area contributed by atoms with Gasteiger partial charge in [-0.2, -0.15) is 0 Å². The zero-order chi connectivity index (χ0) is 15.4. The second kappa shape index (κ2) is 6.70. The molecular weight excluding hydrogens is 298 g/mol. The summed E-state index contributed by atoms with van der Waals surface area (Å²) in [6, 6.07) is 9.47. The fraction of sp³-hybridized carbons (Fsp3) is 0.312. The molecule has 0 aliphatic carbocycles. The summed E-state index contributed by atoms with van der Waals surface area (Å²) in [7, 11) is 0. The molecule has 1 aliphatic heterocycles. The Morgan fingerprint density at radius 3 is 2.91 bits per heavy atom. The number of amides is 2. The number of anilines is 1. The van der Waals surface area contributed by atoms with E-state index < -0.39 is 5.92 Å². The summed E-state index contributed by atoms with van der Waals surface area (Å²) in [4.78, 5) is 30.4. The van der Waals surface area contributed by atoms with Crippen LogP contribution >= 0.6 is 11.3 Å². The Balaban J connectivity index is 1.54. The maximum atomic E-state index is 12.4. The average molecular weight is 315 g/mol. The zero-order valence-corrected chi connectivity index (χ0v) is 12.9. The maximum absolute atomic E-state index is 12.4. The summed E-state index contributed by atoms with van der Waals surface area (Å²) in [6.07, 6.45) is 3.02. The zero-order valence-electron chi connectivity index (χ0n) is 12.1. The lowest BCUT2D eigenvalue weighted by Crippen LogP contribution is -2.37. The van der Waals surface area contributed by atoms with Gasteiger partial charge in [-0.05, 0) is 18.6 Å². The molecule has 0 radical (unpaired) electrons. The molecular formula is C16H17N3O2S. The highest BCUT2D eigenvalue weighted by Crippen LogP contribution is 2.25. The number of nitrogens with zero attached hydrogens (tertiary/aromatic N) is 2. The maximum Gasteiger partial charge on any atom is 0.239 e. The molecule has 6 heteroatoms. The van der Waals surface area contributed by atoms with Gasteiger partial charge in [-0.1, -0.05) is 18.2 Å². The Morgan fingerprint density at radius 1 is 1.36 bits per heavy atom. The molecule has 1 fully saturated rings. The standard InChI is InChI=1S/C16H17N3O2S/c20-15(18-8-6-14-17-9-11-22-14)13-7-10-19(16(13)21)12-4-2-1-3-5-12/h1-5,9,11,13H,6-8,10H2,(H,18,20). The Labute approximate surface area is 133 Å². The van der Waals surface area contributed by atoms with Crippen LogP contribution in [0, 0.1) is 5.92 Å². The van der Waals surface area contributed by atoms with E-state index in [1.54, 1.807) is 22.4 Å². The molecule has 1 saturated heterocycles. The topological polar surface area (TPSA) is 62.3 Å². The predicted octanol–water partition coefficient (Wildman–Crippen LogP) is 1.85. The number of nitrogens with one attached hydrogen (secondary N) is 1. The molecule has 1 atom stereocenters. The SMILES string of the molecule is O=C(NCCc1nccs1)C1CCN(c2ccccc2)C1=O. The summed E-state index contributed by atoms with van der Waals surface area (Å²) in [5, 5.41) is 5.75. The van der Waals surface area contributed by atoms with Crippen LogP contribution in [0.25, 0.3) is 0 Å². The van der Waals surface area contributed by atoms with Crippen LogP contribution in [-0.4, -0.2) is 29.9 Å². The van der Waals surface area contributed by atoms with Gasteiger partial charge in [-0.25, -0.2) is 4.98 Å². The molecule has 22 heavy (non-hydrogen) atoms. The summed E-state index contributed by atoms with van der Waals surface area (Å²) in [5.74, 6) is -0.866. The van der Waals surface area contributed by atoms with Crippen molar-refractivity contribution in [3.05, 3.63) is 46.9 Å². The number of aromatic nitrogens is 1. The van der Waals surface area contributed by atoms with Gasteiger partial charge in [0.1, 0.15) is 5.92 Å². The van der Waals surface area contributed by atoms with E-state index in [1.165, 1.54) is 0 Å². The first-order valence-electron chi connectivity index (χ1n) is 7.28. The molecule has 1 aromatic heterocycles. The van der Waals surface area contributed by atoms with Crippen LogP contribution in [0.5, 0.6) is 0 Å². The quantitative estimate of drug-likeness (QED) is 0.857. The lowest BCUT2D eigenvalue weighted by Gasteiger charge is -2.16. The molecule has 2 aromatic rings. The third kappa shape index (κ3) is 3.17. The molecule has 1 aliphatic rings. The van der Waals surface area contributed by atoms with Crippen LogP contribution < -0.4 is 10.2 Å². The Morgan fingerprint density at radius 2 is 2.18 bits per heavy atom. The average Bonchev–Trinajstić information content (AvgIpc) is 3.18. The Hall–Kier alpha value is -2.21. The summed E-state index contributed by atoms with van der Waals surface area (Å²) >= 11 is 1.57. The van der Waals surface area contributed by atoms with Crippen LogP contribution in [0.3, 0.4) is 0 Å². The van der Waals surface area contributed by atoms with E-state index in [9.17, 15) is 9.59 Å². The molecule has 1 N–H and O–H groups in total. The molecule has 2 amide bonds. The molecule has 2 heterocycles. The number of thiazole rings is 1. The van der Waals surface area contributed by atoms with Gasteiger partial charge >= 0.3 is 0 Å². The van der Waals surface area contributed by atoms with Gasteiger partial charge < -0.3 is 10.2 Å². The highest BCUT2D eigenvalue weighted by Gasteiger charge is 2.37. The molecule has 0 bridgehead atoms. The third-order valence-electron chi connectivity index (χ3n) is 3.71. The predicted molar refractivity (Wildman–Crippen MR) is 85.7 cm³/mol. The first-order valence-corrected chi connectivity index (χ1v) is 8.16. The van der Waals surface area contributed by atoms with Crippen LogP contribution in [0.15, 0.2) is 41.9 Å². The van der Waals surface area contributed by atoms with Gasteiger partial charge in [0.05, 0.1) is 5.01 Å². The molecule has 0 spiro atoms. The van der Waals surface area contributed by atoms with E-state index in [0.29, 0.717) is 25.9 Å². The second-order valence-electron chi connectivity index (χ2n) is 5.13. The van der Waals surface area contributed by atoms with E-state index in [1.807, 2.05) is 35.7 Å². The molecule has 1 unspecified atom stereocenters. The first kappa shape index (κ1) is 14.7. The molecule has 1 aromatic carbocycles. The van der Waals surface area contributed by atoms with E-state index in [-0.39, 0.29) is 11.8 Å². The van der Waals surface area contributed by atoms with Crippen molar-refractivity contribution in [2.75, 3.05) is 18.0 Å². The van der Waals surface area contributed by atoms with Crippen molar-refractivity contribution in [3.63, 3.8) is 0 Å². The highest BCUT2D eigenvalue weighted by molar-refractivity contribution is 7.09. The second-order valence-corrected chi connectivity index (χ2v) is 6.11. The monoisotopic (exact) mass is 315 g/mol. The van der Waals surface area contributed by atoms with Gasteiger partial charge in [0.2, 0.25) is 11.8 Å². The molecule has 3 rings (SSSR count). The molecule has 0 saturated carbocycles. The lowest BCUT2D eigenvalue weighted by atomic mass is 10.1. The van der Waals surface area contributed by atoms with Crippen LogP contribution in [0.1, 0.15) is 11.4 Å².